The SMILES string of the molecule is NNc1nc(=O)n([C@@H]2O[C@H](COP3(=O)OP(=O)(O)OP(=O)(O)O3)C(O)[C@@H]2O)cc1C(F)(F)F. The van der Waals surface area contributed by atoms with Crippen LogP contribution >= 0.6 is 23.5 Å². The minimum atomic E-state index is -5.37. The number of aliphatic hydroxyl groups excluding tert-OH is 2. The van der Waals surface area contributed by atoms with Gasteiger partial charge in [0.15, 0.2) is 12.0 Å². The van der Waals surface area contributed by atoms with E-state index in [1.54, 1.807) is 5.43 Å². The molecular weight excluding hydrogens is 534 g/mol. The lowest BCUT2D eigenvalue weighted by Crippen LogP contribution is -2.37. The van der Waals surface area contributed by atoms with Crippen LogP contribution in [0.3, 0.4) is 0 Å². The topological polar surface area (TPSA) is 251 Å². The Labute approximate surface area is 179 Å². The van der Waals surface area contributed by atoms with E-state index in [0.29, 0.717) is 0 Å². The van der Waals surface area contributed by atoms with Crippen molar-refractivity contribution in [3.63, 3.8) is 0 Å². The molecule has 0 bridgehead atoms. The van der Waals surface area contributed by atoms with Crippen molar-refractivity contribution in [3.05, 3.63) is 22.2 Å². The third-order valence-electron chi connectivity index (χ3n) is 4.01. The summed E-state index contributed by atoms with van der Waals surface area (Å²) in [5.41, 5.74) is -1.33. The molecule has 2 aliphatic rings. The highest BCUT2D eigenvalue weighted by Gasteiger charge is 2.55. The molecular formula is C10H14F3N4O13P3. The van der Waals surface area contributed by atoms with Crippen LogP contribution in [0.1, 0.15) is 11.8 Å². The minimum Gasteiger partial charge on any atom is -0.387 e. The van der Waals surface area contributed by atoms with Crippen molar-refractivity contribution in [3.8, 4) is 0 Å². The Morgan fingerprint density at radius 2 is 1.73 bits per heavy atom. The van der Waals surface area contributed by atoms with Gasteiger partial charge in [-0.05, 0) is 0 Å². The number of nitrogen functional groups attached to an aromatic ring is 1. The van der Waals surface area contributed by atoms with Crippen LogP contribution in [-0.4, -0.2) is 54.5 Å². The van der Waals surface area contributed by atoms with E-state index in [1.165, 1.54) is 0 Å². The van der Waals surface area contributed by atoms with Crippen LogP contribution in [0.25, 0.3) is 0 Å². The molecule has 0 amide bonds. The first-order chi connectivity index (χ1) is 15.0. The van der Waals surface area contributed by atoms with Gasteiger partial charge in [0.2, 0.25) is 0 Å². The fourth-order valence-electron chi connectivity index (χ4n) is 2.71. The lowest BCUT2D eigenvalue weighted by Gasteiger charge is -2.27. The van der Waals surface area contributed by atoms with E-state index in [0.717, 1.165) is 0 Å². The lowest BCUT2D eigenvalue weighted by atomic mass is 10.1. The van der Waals surface area contributed by atoms with Crippen LogP contribution in [0.4, 0.5) is 19.0 Å². The molecule has 17 nitrogen and oxygen atoms in total. The first kappa shape index (κ1) is 26.4. The summed E-state index contributed by atoms with van der Waals surface area (Å²) in [4.78, 5) is 33.5. The molecule has 3 unspecified atom stereocenters. The molecule has 3 heterocycles. The number of rotatable bonds is 5. The highest BCUT2D eigenvalue weighted by atomic mass is 31.3. The zero-order valence-electron chi connectivity index (χ0n) is 15.5. The van der Waals surface area contributed by atoms with Crippen LogP contribution in [0.15, 0.2) is 11.0 Å². The number of nitrogens with zero attached hydrogens (tertiary/aromatic N) is 2. The molecule has 188 valence electrons. The Morgan fingerprint density at radius 1 is 1.15 bits per heavy atom. The van der Waals surface area contributed by atoms with E-state index in [2.05, 4.69) is 22.4 Å². The molecule has 1 aromatic rings. The average Bonchev–Trinajstić information content (AvgIpc) is 2.90. The second kappa shape index (κ2) is 8.76. The molecule has 2 aliphatic heterocycles. The van der Waals surface area contributed by atoms with Gasteiger partial charge < -0.3 is 30.2 Å². The van der Waals surface area contributed by atoms with Crippen LogP contribution < -0.4 is 17.0 Å². The fourth-order valence-corrected chi connectivity index (χ4v) is 7.64. The number of aromatic nitrogens is 2. The highest BCUT2D eigenvalue weighted by molar-refractivity contribution is 7.74. The van der Waals surface area contributed by atoms with Gasteiger partial charge in [0.25, 0.3) is 0 Å². The zero-order valence-corrected chi connectivity index (χ0v) is 18.2. The Bertz CT molecular complexity index is 1100. The number of aliphatic hydroxyl groups is 2. The summed E-state index contributed by atoms with van der Waals surface area (Å²) in [6.07, 6.45) is -12.7. The monoisotopic (exact) mass is 548 g/mol. The normalized spacial score (nSPS) is 39.5. The Morgan fingerprint density at radius 3 is 2.24 bits per heavy atom. The lowest BCUT2D eigenvalue weighted by molar-refractivity contribution is -0.138. The van der Waals surface area contributed by atoms with Crippen molar-refractivity contribution in [2.75, 3.05) is 12.0 Å². The summed E-state index contributed by atoms with van der Waals surface area (Å²) >= 11 is 0. The van der Waals surface area contributed by atoms with Gasteiger partial charge in [-0.2, -0.15) is 31.1 Å². The molecule has 0 radical (unpaired) electrons. The number of hydrogen-bond donors (Lipinski definition) is 6. The van der Waals surface area contributed by atoms with Gasteiger partial charge in [-0.3, -0.25) is 9.09 Å². The average molecular weight is 548 g/mol. The number of anilines is 1. The number of ether oxygens (including phenoxy) is 1. The molecule has 7 N–H and O–H groups in total. The van der Waals surface area contributed by atoms with Gasteiger partial charge in [0, 0.05) is 6.20 Å². The van der Waals surface area contributed by atoms with Gasteiger partial charge in [0.05, 0.1) is 6.61 Å². The fraction of sp³-hybridized carbons (Fsp3) is 0.600. The predicted molar refractivity (Wildman–Crippen MR) is 93.7 cm³/mol. The second-order valence-electron chi connectivity index (χ2n) is 6.31. The molecule has 6 atom stereocenters. The molecule has 23 heteroatoms. The second-order valence-corrected chi connectivity index (χ2v) is 11.3. The van der Waals surface area contributed by atoms with E-state index in [9.17, 15) is 41.9 Å². The number of nitrogens with two attached hydrogens (primary N) is 1. The Kier molecular flexibility index (Phi) is 7.00. The summed E-state index contributed by atoms with van der Waals surface area (Å²) in [5, 5.41) is 20.2. The number of phosphoric acid groups is 3. The van der Waals surface area contributed by atoms with Crippen molar-refractivity contribution in [1.82, 2.24) is 9.55 Å². The van der Waals surface area contributed by atoms with Gasteiger partial charge in [-0.15, -0.1) is 0 Å². The summed E-state index contributed by atoms with van der Waals surface area (Å²) in [7, 11) is -16.0. The van der Waals surface area contributed by atoms with Crippen LogP contribution in [0, 0.1) is 0 Å². The third-order valence-corrected chi connectivity index (χ3v) is 9.38. The quantitative estimate of drug-likeness (QED) is 0.155. The molecule has 0 aliphatic carbocycles. The maximum atomic E-state index is 13.2. The van der Waals surface area contributed by atoms with Crippen molar-refractivity contribution in [2.24, 2.45) is 5.84 Å². The standard InChI is InChI=1S/C10H14F3N4O13P3/c11-10(12,13)3-1-17(9(20)15-7(3)16-14)8-6(19)5(18)4(27-8)2-26-33(25)29-31(21,22)28-32(23,24)30-33/h1,4-6,8,18-19H,2,14H2,(H,21,22)(H,23,24)(H,15,16,20)/t4-,5?,6+,8-/m1/s1. The molecule has 2 fully saturated rings. The summed E-state index contributed by atoms with van der Waals surface area (Å²) < 4.78 is 96.1. The predicted octanol–water partition coefficient (Wildman–Crippen LogP) is -0.444. The number of halogens is 3. The molecule has 2 saturated heterocycles. The molecule has 0 spiro atoms. The maximum Gasteiger partial charge on any atom is 0.492 e. The zero-order chi connectivity index (χ0) is 25.0. The smallest absolute Gasteiger partial charge is 0.387 e. The van der Waals surface area contributed by atoms with Crippen molar-refractivity contribution in [2.45, 2.75) is 30.7 Å². The number of hydrogen-bond acceptors (Lipinski definition) is 14. The van der Waals surface area contributed by atoms with E-state index < -0.39 is 77.9 Å². The van der Waals surface area contributed by atoms with Crippen molar-refractivity contribution < 1.29 is 69.1 Å². The number of nitrogens with one attached hydrogen (secondary N) is 1. The van der Waals surface area contributed by atoms with E-state index >= 15 is 0 Å². The number of hydrazine groups is 1. The van der Waals surface area contributed by atoms with E-state index in [1.807, 2.05) is 0 Å². The summed E-state index contributed by atoms with van der Waals surface area (Å²) in [6.45, 7) is -1.14. The van der Waals surface area contributed by atoms with Gasteiger partial charge >= 0.3 is 35.3 Å². The van der Waals surface area contributed by atoms with Gasteiger partial charge in [-0.1, -0.05) is 0 Å². The third kappa shape index (κ3) is 5.71. The Balaban J connectivity index is 1.82. The van der Waals surface area contributed by atoms with Crippen molar-refractivity contribution >= 4 is 29.3 Å². The van der Waals surface area contributed by atoms with Gasteiger partial charge in [0.1, 0.15) is 23.9 Å². The maximum absolute atomic E-state index is 13.2. The number of alkyl halides is 3. The first-order valence-electron chi connectivity index (χ1n) is 8.20. The first-order valence-corrected chi connectivity index (χ1v) is 12.6. The van der Waals surface area contributed by atoms with E-state index in [-0.39, 0.29) is 10.8 Å². The van der Waals surface area contributed by atoms with Crippen LogP contribution in [0.2, 0.25) is 0 Å². The largest absolute Gasteiger partial charge is 0.492 e. The highest BCUT2D eigenvalue weighted by Crippen LogP contribution is 2.80. The Hall–Kier alpha value is -1.24. The minimum absolute atomic E-state index is 0.185. The van der Waals surface area contributed by atoms with Gasteiger partial charge in [-0.25, -0.2) is 24.3 Å². The molecule has 33 heavy (non-hydrogen) atoms. The molecule has 0 saturated carbocycles. The molecule has 1 aromatic heterocycles. The summed E-state index contributed by atoms with van der Waals surface area (Å²) in [5.74, 6) is 3.88. The van der Waals surface area contributed by atoms with Crippen LogP contribution in [0.5, 0.6) is 0 Å². The van der Waals surface area contributed by atoms with Crippen molar-refractivity contribution in [1.29, 1.82) is 0 Å². The van der Waals surface area contributed by atoms with E-state index in [4.69, 9.17) is 20.4 Å². The van der Waals surface area contributed by atoms with Crippen LogP contribution in [-0.2, 0) is 42.1 Å². The molecule has 0 aromatic carbocycles. The summed E-state index contributed by atoms with van der Waals surface area (Å²) in [6, 6.07) is 0. The molecule has 3 rings (SSSR count).